The fourth-order valence-corrected chi connectivity index (χ4v) is 11.4. The summed E-state index contributed by atoms with van der Waals surface area (Å²) < 4.78 is 0. The molecule has 5 aliphatic rings. The van der Waals surface area contributed by atoms with Crippen LogP contribution in [-0.4, -0.2) is 28.2 Å². The van der Waals surface area contributed by atoms with Gasteiger partial charge in [-0.05, 0) is 109 Å². The van der Waals surface area contributed by atoms with E-state index in [-0.39, 0.29) is 37.9 Å². The minimum Gasteiger partial charge on any atom is -0.390 e. The standard InChI is InChI=1S/C32H52O3/c1-20(33)32-16-14-26(2,3)18-22(32)21-10-12-31(9)29(7)19-23(34)25(35)27(4,5)24(29)11-13-30(31,8)28(21,6)15-17-32/h10,22-25,34-35H,11-19H2,1-9H3/t22-,23+,24?,25-,28+,29-,30-,31+,32+/m0/s1. The van der Waals surface area contributed by atoms with E-state index in [0.29, 0.717) is 24.0 Å². The molecule has 4 fully saturated rings. The predicted octanol–water partition coefficient (Wildman–Crippen LogP) is 7.10. The van der Waals surface area contributed by atoms with Crippen molar-refractivity contribution < 1.29 is 15.0 Å². The lowest BCUT2D eigenvalue weighted by atomic mass is 9.29. The Kier molecular flexibility index (Phi) is 5.38. The third-order valence-electron chi connectivity index (χ3n) is 14.2. The first kappa shape index (κ1) is 26.0. The SMILES string of the molecule is CC(=O)[C@]12CCC(C)(C)C[C@H]1C1=CC[C@@]3(C)[C@@](C)(CCC4C(C)(C)[C@@H](O)[C@H](O)C[C@@]43C)[C@]1(C)CC2. The van der Waals surface area contributed by atoms with Crippen LogP contribution in [0.25, 0.3) is 0 Å². The zero-order chi connectivity index (χ0) is 26.0. The minimum absolute atomic E-state index is 0.0277. The fraction of sp³-hybridized carbons (Fsp3) is 0.906. The number of fused-ring (bicyclic) bond motifs is 7. The van der Waals surface area contributed by atoms with Crippen molar-refractivity contribution in [1.82, 2.24) is 0 Å². The van der Waals surface area contributed by atoms with Gasteiger partial charge in [0.25, 0.3) is 0 Å². The molecule has 0 radical (unpaired) electrons. The predicted molar refractivity (Wildman–Crippen MR) is 142 cm³/mol. The van der Waals surface area contributed by atoms with Gasteiger partial charge in [0.2, 0.25) is 0 Å². The summed E-state index contributed by atoms with van der Waals surface area (Å²) in [6.45, 7) is 21.1. The number of carbonyl (C=O) groups is 1. The number of carbonyl (C=O) groups excluding carboxylic acids is 1. The van der Waals surface area contributed by atoms with Crippen LogP contribution in [-0.2, 0) is 4.79 Å². The molecule has 1 unspecified atom stereocenters. The second-order valence-corrected chi connectivity index (χ2v) is 16.0. The number of rotatable bonds is 1. The van der Waals surface area contributed by atoms with E-state index < -0.39 is 12.2 Å². The molecule has 0 bridgehead atoms. The smallest absolute Gasteiger partial charge is 0.136 e. The van der Waals surface area contributed by atoms with Gasteiger partial charge in [-0.25, -0.2) is 0 Å². The molecule has 0 saturated heterocycles. The summed E-state index contributed by atoms with van der Waals surface area (Å²) >= 11 is 0. The number of Topliss-reactive ketones (excluding diaryl/α,β-unsaturated/α-hetero) is 1. The maximum atomic E-state index is 13.3. The van der Waals surface area contributed by atoms with E-state index in [1.807, 2.05) is 6.92 Å². The van der Waals surface area contributed by atoms with Gasteiger partial charge < -0.3 is 10.2 Å². The first-order valence-electron chi connectivity index (χ1n) is 14.5. The van der Waals surface area contributed by atoms with Crippen molar-refractivity contribution in [3.8, 4) is 0 Å². The van der Waals surface area contributed by atoms with Crippen molar-refractivity contribution >= 4 is 5.78 Å². The highest BCUT2D eigenvalue weighted by Gasteiger charge is 2.73. The van der Waals surface area contributed by atoms with E-state index in [2.05, 4.69) is 61.5 Å². The quantitative estimate of drug-likeness (QED) is 0.390. The highest BCUT2D eigenvalue weighted by atomic mass is 16.3. The summed E-state index contributed by atoms with van der Waals surface area (Å²) in [6.07, 6.45) is 10.7. The Bertz CT molecular complexity index is 962. The zero-order valence-corrected chi connectivity index (χ0v) is 24.1. The largest absolute Gasteiger partial charge is 0.390 e. The van der Waals surface area contributed by atoms with Gasteiger partial charge in [0, 0.05) is 5.41 Å². The Hall–Kier alpha value is -0.670. The molecule has 2 N–H and O–H groups in total. The van der Waals surface area contributed by atoms with Gasteiger partial charge in [-0.15, -0.1) is 0 Å². The molecule has 3 heteroatoms. The highest BCUT2D eigenvalue weighted by Crippen LogP contribution is 2.80. The maximum Gasteiger partial charge on any atom is 0.136 e. The van der Waals surface area contributed by atoms with Crippen molar-refractivity contribution in [3.63, 3.8) is 0 Å². The molecule has 0 aromatic carbocycles. The van der Waals surface area contributed by atoms with E-state index in [1.165, 1.54) is 0 Å². The van der Waals surface area contributed by atoms with E-state index in [1.54, 1.807) is 5.57 Å². The number of aliphatic hydroxyl groups is 2. The van der Waals surface area contributed by atoms with E-state index in [4.69, 9.17) is 0 Å². The second kappa shape index (κ2) is 7.25. The lowest BCUT2D eigenvalue weighted by Crippen LogP contribution is -2.71. The molecular formula is C32H52O3. The first-order valence-corrected chi connectivity index (χ1v) is 14.5. The van der Waals surface area contributed by atoms with Gasteiger partial charge in [0.1, 0.15) is 5.78 Å². The normalized spacial score (nSPS) is 54.4. The number of hydrogen-bond acceptors (Lipinski definition) is 3. The van der Waals surface area contributed by atoms with Crippen LogP contribution in [0.1, 0.15) is 120 Å². The monoisotopic (exact) mass is 484 g/mol. The molecule has 0 aliphatic heterocycles. The third-order valence-corrected chi connectivity index (χ3v) is 14.2. The second-order valence-electron chi connectivity index (χ2n) is 16.0. The molecule has 5 aliphatic carbocycles. The first-order chi connectivity index (χ1) is 15.9. The third kappa shape index (κ3) is 2.89. The molecule has 0 aromatic heterocycles. The fourth-order valence-electron chi connectivity index (χ4n) is 11.4. The summed E-state index contributed by atoms with van der Waals surface area (Å²) in [4.78, 5) is 13.3. The topological polar surface area (TPSA) is 57.5 Å². The van der Waals surface area contributed by atoms with Gasteiger partial charge in [0.15, 0.2) is 0 Å². The molecule has 0 amide bonds. The van der Waals surface area contributed by atoms with E-state index in [0.717, 1.165) is 51.4 Å². The van der Waals surface area contributed by atoms with Gasteiger partial charge >= 0.3 is 0 Å². The van der Waals surface area contributed by atoms with Gasteiger partial charge in [-0.1, -0.05) is 67.0 Å². The molecule has 0 spiro atoms. The maximum absolute atomic E-state index is 13.3. The van der Waals surface area contributed by atoms with Gasteiger partial charge in [-0.2, -0.15) is 0 Å². The van der Waals surface area contributed by atoms with Crippen molar-refractivity contribution in [3.05, 3.63) is 11.6 Å². The van der Waals surface area contributed by atoms with Crippen LogP contribution in [0.2, 0.25) is 0 Å². The van der Waals surface area contributed by atoms with Crippen molar-refractivity contribution in [2.75, 3.05) is 0 Å². The average molecular weight is 485 g/mol. The molecule has 3 nitrogen and oxygen atoms in total. The Morgan fingerprint density at radius 1 is 0.857 bits per heavy atom. The van der Waals surface area contributed by atoms with Crippen LogP contribution in [0.4, 0.5) is 0 Å². The number of ketones is 1. The lowest BCUT2D eigenvalue weighted by Gasteiger charge is -2.76. The van der Waals surface area contributed by atoms with Crippen LogP contribution >= 0.6 is 0 Å². The zero-order valence-electron chi connectivity index (χ0n) is 24.1. The summed E-state index contributed by atoms with van der Waals surface area (Å²) in [5.41, 5.74) is 1.55. The Morgan fingerprint density at radius 3 is 2.11 bits per heavy atom. The Labute approximate surface area is 214 Å². The van der Waals surface area contributed by atoms with Crippen LogP contribution in [0.5, 0.6) is 0 Å². The van der Waals surface area contributed by atoms with Crippen LogP contribution in [0.3, 0.4) is 0 Å². The van der Waals surface area contributed by atoms with Gasteiger partial charge in [0.05, 0.1) is 12.2 Å². The molecule has 198 valence electrons. The molecule has 0 heterocycles. The molecular weight excluding hydrogens is 432 g/mol. The van der Waals surface area contributed by atoms with Crippen molar-refractivity contribution in [1.29, 1.82) is 0 Å². The Balaban J connectivity index is 1.66. The molecule has 4 saturated carbocycles. The van der Waals surface area contributed by atoms with Crippen molar-refractivity contribution in [2.24, 2.45) is 49.7 Å². The molecule has 35 heavy (non-hydrogen) atoms. The van der Waals surface area contributed by atoms with E-state index >= 15 is 0 Å². The van der Waals surface area contributed by atoms with E-state index in [9.17, 15) is 15.0 Å². The summed E-state index contributed by atoms with van der Waals surface area (Å²) in [6, 6.07) is 0. The number of hydrogen-bond donors (Lipinski definition) is 2. The summed E-state index contributed by atoms with van der Waals surface area (Å²) in [5, 5.41) is 22.1. The van der Waals surface area contributed by atoms with Crippen LogP contribution < -0.4 is 0 Å². The lowest BCUT2D eigenvalue weighted by molar-refractivity contribution is -0.269. The highest BCUT2D eigenvalue weighted by molar-refractivity contribution is 5.84. The van der Waals surface area contributed by atoms with Crippen molar-refractivity contribution in [2.45, 2.75) is 132 Å². The Morgan fingerprint density at radius 2 is 1.49 bits per heavy atom. The number of allylic oxidation sites excluding steroid dienone is 2. The molecule has 9 atom stereocenters. The molecule has 5 rings (SSSR count). The average Bonchev–Trinajstić information content (AvgIpc) is 2.74. The summed E-state index contributed by atoms with van der Waals surface area (Å²) in [7, 11) is 0. The minimum atomic E-state index is -0.667. The van der Waals surface area contributed by atoms with Crippen LogP contribution in [0.15, 0.2) is 11.6 Å². The number of aliphatic hydroxyl groups excluding tert-OH is 2. The van der Waals surface area contributed by atoms with Gasteiger partial charge in [-0.3, -0.25) is 4.79 Å². The molecule has 0 aromatic rings. The van der Waals surface area contributed by atoms with Crippen LogP contribution in [0, 0.1) is 49.7 Å². The summed E-state index contributed by atoms with van der Waals surface area (Å²) in [5.74, 6) is 1.17.